The molecule has 0 aliphatic rings. The lowest BCUT2D eigenvalue weighted by molar-refractivity contribution is 0.141. The molecular weight excluding hydrogens is 377 g/mol. The lowest BCUT2D eigenvalue weighted by Gasteiger charge is -2.05. The Bertz CT molecular complexity index is 594. The molecule has 0 bridgehead atoms. The number of hydrogen-bond donors (Lipinski definition) is 1. The van der Waals surface area contributed by atoms with Gasteiger partial charge in [0, 0.05) is 10.1 Å². The van der Waals surface area contributed by atoms with E-state index in [9.17, 15) is 4.79 Å². The first kappa shape index (κ1) is 15.6. The lowest BCUT2D eigenvalue weighted by Crippen LogP contribution is -2.24. The van der Waals surface area contributed by atoms with Gasteiger partial charge in [-0.2, -0.15) is 0 Å². The van der Waals surface area contributed by atoms with E-state index in [0.717, 1.165) is 11.1 Å². The van der Waals surface area contributed by atoms with E-state index in [1.807, 2.05) is 66.7 Å². The van der Waals surface area contributed by atoms with Gasteiger partial charge in [-0.1, -0.05) is 54.6 Å². The standard InChI is InChI=1S/C17H16INO2/c18-16-10-8-14(9-11-16)7-4-12-19-17(20)21-13-15-5-2-1-3-6-15/h1-11H,12-13H2,(H,19,20). The van der Waals surface area contributed by atoms with Crippen molar-refractivity contribution in [3.05, 3.63) is 75.4 Å². The number of ether oxygens (including phenoxy) is 1. The number of amides is 1. The van der Waals surface area contributed by atoms with Crippen molar-refractivity contribution in [3.63, 3.8) is 0 Å². The Balaban J connectivity index is 1.68. The fraction of sp³-hybridized carbons (Fsp3) is 0.118. The number of hydrogen-bond acceptors (Lipinski definition) is 2. The van der Waals surface area contributed by atoms with E-state index < -0.39 is 6.09 Å². The monoisotopic (exact) mass is 393 g/mol. The lowest BCUT2D eigenvalue weighted by atomic mass is 10.2. The third-order valence-electron chi connectivity index (χ3n) is 2.76. The van der Waals surface area contributed by atoms with Crippen LogP contribution in [0.3, 0.4) is 0 Å². The molecule has 21 heavy (non-hydrogen) atoms. The SMILES string of the molecule is O=C(NCC=Cc1ccc(I)cc1)OCc1ccccc1. The van der Waals surface area contributed by atoms with Crippen LogP contribution in [0.1, 0.15) is 11.1 Å². The van der Waals surface area contributed by atoms with Crippen LogP contribution in [0.25, 0.3) is 6.08 Å². The molecule has 0 saturated heterocycles. The second-order valence-electron chi connectivity index (χ2n) is 4.40. The summed E-state index contributed by atoms with van der Waals surface area (Å²) in [4.78, 5) is 11.5. The zero-order valence-corrected chi connectivity index (χ0v) is 13.6. The first-order valence-corrected chi connectivity index (χ1v) is 7.68. The minimum Gasteiger partial charge on any atom is -0.445 e. The van der Waals surface area contributed by atoms with Gasteiger partial charge in [-0.3, -0.25) is 0 Å². The Morgan fingerprint density at radius 1 is 1.10 bits per heavy atom. The van der Waals surface area contributed by atoms with Gasteiger partial charge in [-0.05, 0) is 45.9 Å². The maximum Gasteiger partial charge on any atom is 0.407 e. The molecule has 0 unspecified atom stereocenters. The van der Waals surface area contributed by atoms with Crippen LogP contribution in [-0.2, 0) is 11.3 Å². The topological polar surface area (TPSA) is 38.3 Å². The van der Waals surface area contributed by atoms with Gasteiger partial charge in [-0.25, -0.2) is 4.79 Å². The van der Waals surface area contributed by atoms with Crippen LogP contribution in [0.5, 0.6) is 0 Å². The van der Waals surface area contributed by atoms with Crippen LogP contribution in [0.15, 0.2) is 60.7 Å². The summed E-state index contributed by atoms with van der Waals surface area (Å²) in [6.07, 6.45) is 3.45. The molecule has 1 N–H and O–H groups in total. The molecule has 2 aromatic carbocycles. The van der Waals surface area contributed by atoms with Gasteiger partial charge in [0.1, 0.15) is 6.61 Å². The van der Waals surface area contributed by atoms with E-state index in [-0.39, 0.29) is 6.61 Å². The summed E-state index contributed by atoms with van der Waals surface area (Å²) in [5.41, 5.74) is 2.08. The Morgan fingerprint density at radius 2 is 1.81 bits per heavy atom. The summed E-state index contributed by atoms with van der Waals surface area (Å²) < 4.78 is 6.31. The van der Waals surface area contributed by atoms with Gasteiger partial charge in [0.25, 0.3) is 0 Å². The molecule has 4 heteroatoms. The molecule has 0 heterocycles. The zero-order valence-electron chi connectivity index (χ0n) is 11.5. The number of alkyl carbamates (subject to hydrolysis) is 1. The van der Waals surface area contributed by atoms with Gasteiger partial charge < -0.3 is 10.1 Å². The van der Waals surface area contributed by atoms with Crippen LogP contribution in [0.2, 0.25) is 0 Å². The second-order valence-corrected chi connectivity index (χ2v) is 5.64. The highest BCUT2D eigenvalue weighted by Crippen LogP contribution is 2.07. The van der Waals surface area contributed by atoms with Crippen molar-refractivity contribution < 1.29 is 9.53 Å². The number of halogens is 1. The molecular formula is C17H16INO2. The maximum atomic E-state index is 11.5. The predicted molar refractivity (Wildman–Crippen MR) is 92.8 cm³/mol. The summed E-state index contributed by atoms with van der Waals surface area (Å²) in [6, 6.07) is 17.8. The maximum absolute atomic E-state index is 11.5. The van der Waals surface area contributed by atoms with E-state index in [1.54, 1.807) is 0 Å². The predicted octanol–water partition coefficient (Wildman–Crippen LogP) is 4.23. The summed E-state index contributed by atoms with van der Waals surface area (Å²) >= 11 is 2.27. The van der Waals surface area contributed by atoms with Crippen molar-refractivity contribution in [1.82, 2.24) is 5.32 Å². The minimum atomic E-state index is -0.411. The van der Waals surface area contributed by atoms with Crippen LogP contribution < -0.4 is 5.32 Å². The molecule has 0 aromatic heterocycles. The number of nitrogens with one attached hydrogen (secondary N) is 1. The Labute approximate surface area is 138 Å². The summed E-state index contributed by atoms with van der Waals surface area (Å²) in [7, 11) is 0. The molecule has 2 aromatic rings. The van der Waals surface area contributed by atoms with Crippen molar-refractivity contribution in [2.75, 3.05) is 6.54 Å². The highest BCUT2D eigenvalue weighted by atomic mass is 127. The second kappa shape index (κ2) is 8.46. The van der Waals surface area contributed by atoms with E-state index >= 15 is 0 Å². The molecule has 0 saturated carbocycles. The third-order valence-corrected chi connectivity index (χ3v) is 3.48. The van der Waals surface area contributed by atoms with Gasteiger partial charge in [0.05, 0.1) is 0 Å². The molecule has 2 rings (SSSR count). The van der Waals surface area contributed by atoms with E-state index in [0.29, 0.717) is 6.54 Å². The van der Waals surface area contributed by atoms with Crippen molar-refractivity contribution in [1.29, 1.82) is 0 Å². The molecule has 108 valence electrons. The quantitative estimate of drug-likeness (QED) is 0.773. The smallest absolute Gasteiger partial charge is 0.407 e. The summed E-state index contributed by atoms with van der Waals surface area (Å²) in [5.74, 6) is 0. The van der Waals surface area contributed by atoms with Gasteiger partial charge >= 0.3 is 6.09 Å². The van der Waals surface area contributed by atoms with E-state index in [4.69, 9.17) is 4.74 Å². The molecule has 0 radical (unpaired) electrons. The van der Waals surface area contributed by atoms with E-state index in [1.165, 1.54) is 3.57 Å². The third kappa shape index (κ3) is 5.99. The average Bonchev–Trinajstić information content (AvgIpc) is 2.52. The fourth-order valence-electron chi connectivity index (χ4n) is 1.69. The van der Waals surface area contributed by atoms with Crippen molar-refractivity contribution >= 4 is 34.8 Å². The number of benzene rings is 2. The van der Waals surface area contributed by atoms with Gasteiger partial charge in [0.15, 0.2) is 0 Å². The normalized spacial score (nSPS) is 10.5. The molecule has 0 atom stereocenters. The molecule has 3 nitrogen and oxygen atoms in total. The highest BCUT2D eigenvalue weighted by molar-refractivity contribution is 14.1. The average molecular weight is 393 g/mol. The van der Waals surface area contributed by atoms with E-state index in [2.05, 4.69) is 27.9 Å². The minimum absolute atomic E-state index is 0.285. The van der Waals surface area contributed by atoms with Crippen LogP contribution in [0, 0.1) is 3.57 Å². The molecule has 0 aliphatic heterocycles. The Kier molecular flexibility index (Phi) is 6.27. The summed E-state index contributed by atoms with van der Waals surface area (Å²) in [5, 5.41) is 2.69. The fourth-order valence-corrected chi connectivity index (χ4v) is 2.04. The van der Waals surface area contributed by atoms with Crippen LogP contribution >= 0.6 is 22.6 Å². The van der Waals surface area contributed by atoms with Crippen LogP contribution in [-0.4, -0.2) is 12.6 Å². The van der Waals surface area contributed by atoms with Gasteiger partial charge in [0.2, 0.25) is 0 Å². The Hall–Kier alpha value is -1.82. The summed E-state index contributed by atoms with van der Waals surface area (Å²) in [6.45, 7) is 0.729. The van der Waals surface area contributed by atoms with Crippen molar-refractivity contribution in [3.8, 4) is 0 Å². The number of carbonyl (C=O) groups excluding carboxylic acids is 1. The first-order chi connectivity index (χ1) is 10.2. The number of rotatable bonds is 5. The van der Waals surface area contributed by atoms with Crippen molar-refractivity contribution in [2.24, 2.45) is 0 Å². The number of carbonyl (C=O) groups is 1. The first-order valence-electron chi connectivity index (χ1n) is 6.61. The molecule has 0 aliphatic carbocycles. The molecule has 1 amide bonds. The largest absolute Gasteiger partial charge is 0.445 e. The molecule has 0 spiro atoms. The van der Waals surface area contributed by atoms with Crippen molar-refractivity contribution in [2.45, 2.75) is 6.61 Å². The van der Waals surface area contributed by atoms with Crippen LogP contribution in [0.4, 0.5) is 4.79 Å². The molecule has 0 fully saturated rings. The zero-order chi connectivity index (χ0) is 14.9. The highest BCUT2D eigenvalue weighted by Gasteiger charge is 1.99. The van der Waals surface area contributed by atoms with Gasteiger partial charge in [-0.15, -0.1) is 0 Å². The Morgan fingerprint density at radius 3 is 2.52 bits per heavy atom.